The van der Waals surface area contributed by atoms with E-state index in [9.17, 15) is 4.79 Å². The molecule has 0 spiro atoms. The number of anilines is 2. The van der Waals surface area contributed by atoms with Gasteiger partial charge in [0.15, 0.2) is 11.3 Å². The minimum absolute atomic E-state index is 0.400. The third-order valence-corrected chi connectivity index (χ3v) is 6.74. The van der Waals surface area contributed by atoms with Gasteiger partial charge in [0.25, 0.3) is 0 Å². The predicted octanol–water partition coefficient (Wildman–Crippen LogP) is 5.60. The summed E-state index contributed by atoms with van der Waals surface area (Å²) in [4.78, 5) is 21.1. The maximum absolute atomic E-state index is 12.8. The van der Waals surface area contributed by atoms with Crippen LogP contribution < -0.4 is 15.5 Å². The Morgan fingerprint density at radius 1 is 1.14 bits per heavy atom. The first-order valence-corrected chi connectivity index (χ1v) is 12.6. The van der Waals surface area contributed by atoms with Crippen molar-refractivity contribution in [2.75, 3.05) is 30.4 Å². The maximum Gasteiger partial charge on any atom is 0.245 e. The van der Waals surface area contributed by atoms with E-state index in [4.69, 9.17) is 47.0 Å². The fourth-order valence-corrected chi connectivity index (χ4v) is 4.91. The summed E-state index contributed by atoms with van der Waals surface area (Å²) in [6, 6.07) is 17.5. The van der Waals surface area contributed by atoms with Crippen LogP contribution in [0.5, 0.6) is 0 Å². The fourth-order valence-electron chi connectivity index (χ4n) is 4.00. The molecule has 1 fully saturated rings. The van der Waals surface area contributed by atoms with E-state index in [1.807, 2.05) is 66.5 Å². The average Bonchev–Trinajstić information content (AvgIpc) is 2.85. The Labute approximate surface area is 224 Å². The Morgan fingerprint density at radius 3 is 2.69 bits per heavy atom. The van der Waals surface area contributed by atoms with Crippen molar-refractivity contribution < 1.29 is 4.79 Å². The molecule has 0 saturated carbocycles. The molecule has 182 valence electrons. The molecule has 1 saturated heterocycles. The van der Waals surface area contributed by atoms with Crippen LogP contribution in [0.3, 0.4) is 0 Å². The molecular formula is C25H24Cl3N5OS. The van der Waals surface area contributed by atoms with Gasteiger partial charge in [-0.25, -0.2) is 0 Å². The highest BCUT2D eigenvalue weighted by Gasteiger charge is 2.42. The molecule has 1 amide bonds. The van der Waals surface area contributed by atoms with Crippen LogP contribution >= 0.6 is 47.0 Å². The number of alkyl halides is 3. The predicted molar refractivity (Wildman–Crippen MR) is 150 cm³/mol. The van der Waals surface area contributed by atoms with Gasteiger partial charge in [-0.05, 0) is 54.5 Å². The number of aromatic nitrogens is 1. The number of carbonyl (C=O) groups is 1. The van der Waals surface area contributed by atoms with Crippen molar-refractivity contribution in [3.63, 3.8) is 0 Å². The van der Waals surface area contributed by atoms with E-state index in [1.54, 1.807) is 17.2 Å². The van der Waals surface area contributed by atoms with Gasteiger partial charge in [0.1, 0.15) is 0 Å². The summed E-state index contributed by atoms with van der Waals surface area (Å²) < 4.78 is -1.82. The lowest BCUT2D eigenvalue weighted by Gasteiger charge is -2.44. The van der Waals surface area contributed by atoms with Crippen LogP contribution in [0, 0.1) is 0 Å². The SMILES string of the molecule is CNc1cccc(/C=C/C(=O)NC(N2CCCN(c3cccc4cccnc34)C2=S)C(Cl)(Cl)Cl)c1. The third-order valence-electron chi connectivity index (χ3n) is 5.66. The molecule has 1 aliphatic rings. The van der Waals surface area contributed by atoms with Gasteiger partial charge in [-0.15, -0.1) is 0 Å². The number of hydrogen-bond donors (Lipinski definition) is 2. The largest absolute Gasteiger partial charge is 0.388 e. The quantitative estimate of drug-likeness (QED) is 0.238. The van der Waals surface area contributed by atoms with Crippen molar-refractivity contribution in [2.45, 2.75) is 16.4 Å². The summed E-state index contributed by atoms with van der Waals surface area (Å²) in [5.74, 6) is -0.400. The summed E-state index contributed by atoms with van der Waals surface area (Å²) in [6.07, 6.45) is 4.65. The molecule has 0 bridgehead atoms. The second-order valence-electron chi connectivity index (χ2n) is 7.99. The van der Waals surface area contributed by atoms with Crippen LogP contribution in [0.2, 0.25) is 0 Å². The zero-order chi connectivity index (χ0) is 25.0. The zero-order valence-electron chi connectivity index (χ0n) is 18.9. The van der Waals surface area contributed by atoms with E-state index in [1.165, 1.54) is 6.08 Å². The number of rotatable bonds is 6. The van der Waals surface area contributed by atoms with Crippen LogP contribution in [0.15, 0.2) is 66.9 Å². The van der Waals surface area contributed by atoms with Crippen LogP contribution in [-0.2, 0) is 4.79 Å². The highest BCUT2D eigenvalue weighted by atomic mass is 35.6. The zero-order valence-corrected chi connectivity index (χ0v) is 22.0. The van der Waals surface area contributed by atoms with Crippen molar-refractivity contribution in [3.05, 3.63) is 72.4 Å². The Hall–Kier alpha value is -2.58. The first kappa shape index (κ1) is 25.5. The first-order chi connectivity index (χ1) is 16.8. The fraction of sp³-hybridized carbons (Fsp3) is 0.240. The Morgan fingerprint density at radius 2 is 1.91 bits per heavy atom. The van der Waals surface area contributed by atoms with Gasteiger partial charge >= 0.3 is 0 Å². The number of thiocarbonyl (C=S) groups is 1. The van der Waals surface area contributed by atoms with Gasteiger partial charge in [0, 0.05) is 43.5 Å². The van der Waals surface area contributed by atoms with Gasteiger partial charge in [0.05, 0.1) is 11.2 Å². The Balaban J connectivity index is 1.56. The number of nitrogens with one attached hydrogen (secondary N) is 2. The highest BCUT2D eigenvalue weighted by Crippen LogP contribution is 2.35. The molecule has 10 heteroatoms. The van der Waals surface area contributed by atoms with E-state index in [0.29, 0.717) is 18.2 Å². The second kappa shape index (κ2) is 11.0. The standard InChI is InChI=1S/C25H24Cl3N5OS/c1-29-19-9-2-6-17(16-19)11-12-21(34)31-23(25(26,27)28)33-15-5-14-32(24(33)35)20-10-3-7-18-8-4-13-30-22(18)20/h2-4,6-13,16,23,29H,5,14-15H2,1H3,(H,31,34)/b12-11+. The van der Waals surface area contributed by atoms with Crippen LogP contribution in [-0.4, -0.2) is 51.0 Å². The third kappa shape index (κ3) is 5.98. The highest BCUT2D eigenvalue weighted by molar-refractivity contribution is 7.80. The number of benzene rings is 2. The number of para-hydroxylation sites is 1. The smallest absolute Gasteiger partial charge is 0.245 e. The van der Waals surface area contributed by atoms with Gasteiger partial charge in [-0.1, -0.05) is 65.1 Å². The number of halogens is 3. The Bertz CT molecular complexity index is 1260. The first-order valence-electron chi connectivity index (χ1n) is 11.0. The number of pyridine rings is 1. The van der Waals surface area contributed by atoms with Crippen molar-refractivity contribution in [1.29, 1.82) is 0 Å². The molecule has 35 heavy (non-hydrogen) atoms. The van der Waals surface area contributed by atoms with Crippen LogP contribution in [0.4, 0.5) is 11.4 Å². The molecule has 1 aromatic heterocycles. The molecular weight excluding hydrogens is 525 g/mol. The number of hydrogen-bond acceptors (Lipinski definition) is 4. The molecule has 1 atom stereocenters. The molecule has 2 aromatic carbocycles. The number of amides is 1. The average molecular weight is 549 g/mol. The van der Waals surface area contributed by atoms with Gasteiger partial charge in [-0.2, -0.15) is 0 Å². The van der Waals surface area contributed by atoms with E-state index in [-0.39, 0.29) is 0 Å². The monoisotopic (exact) mass is 547 g/mol. The van der Waals surface area contributed by atoms with E-state index < -0.39 is 15.9 Å². The van der Waals surface area contributed by atoms with Crippen molar-refractivity contribution in [1.82, 2.24) is 15.2 Å². The molecule has 6 nitrogen and oxygen atoms in total. The molecule has 1 unspecified atom stereocenters. The summed E-state index contributed by atoms with van der Waals surface area (Å²) in [6.45, 7) is 1.22. The minimum Gasteiger partial charge on any atom is -0.388 e. The molecule has 2 heterocycles. The normalized spacial score (nSPS) is 15.5. The topological polar surface area (TPSA) is 60.5 Å². The summed E-state index contributed by atoms with van der Waals surface area (Å²) in [5.41, 5.74) is 3.51. The molecule has 0 aliphatic carbocycles. The number of nitrogens with zero attached hydrogens (tertiary/aromatic N) is 3. The van der Waals surface area contributed by atoms with Crippen molar-refractivity contribution in [2.24, 2.45) is 0 Å². The van der Waals surface area contributed by atoms with E-state index >= 15 is 0 Å². The van der Waals surface area contributed by atoms with Gasteiger partial charge < -0.3 is 20.4 Å². The lowest BCUT2D eigenvalue weighted by Crippen LogP contribution is -2.62. The summed E-state index contributed by atoms with van der Waals surface area (Å²) >= 11 is 24.8. The van der Waals surface area contributed by atoms with Crippen molar-refractivity contribution in [3.8, 4) is 0 Å². The Kier molecular flexibility index (Phi) is 8.02. The van der Waals surface area contributed by atoms with Crippen molar-refractivity contribution >= 4 is 86.4 Å². The van der Waals surface area contributed by atoms with Gasteiger partial charge in [0.2, 0.25) is 9.70 Å². The summed E-state index contributed by atoms with van der Waals surface area (Å²) in [7, 11) is 1.83. The minimum atomic E-state index is -1.82. The molecule has 4 rings (SSSR count). The van der Waals surface area contributed by atoms with E-state index in [0.717, 1.165) is 34.3 Å². The number of carbonyl (C=O) groups excluding carboxylic acids is 1. The summed E-state index contributed by atoms with van der Waals surface area (Å²) in [5, 5.41) is 7.35. The van der Waals surface area contributed by atoms with Crippen LogP contribution in [0.25, 0.3) is 17.0 Å². The molecule has 1 aliphatic heterocycles. The second-order valence-corrected chi connectivity index (χ2v) is 10.7. The molecule has 2 N–H and O–H groups in total. The molecule has 3 aromatic rings. The lowest BCUT2D eigenvalue weighted by molar-refractivity contribution is -0.117. The van der Waals surface area contributed by atoms with Gasteiger partial charge in [-0.3, -0.25) is 9.78 Å². The lowest BCUT2D eigenvalue weighted by atomic mass is 10.1. The van der Waals surface area contributed by atoms with E-state index in [2.05, 4.69) is 15.6 Å². The van der Waals surface area contributed by atoms with Crippen LogP contribution in [0.1, 0.15) is 12.0 Å². The molecule has 0 radical (unpaired) electrons. The maximum atomic E-state index is 12.8. The number of fused-ring (bicyclic) bond motifs is 1.